The van der Waals surface area contributed by atoms with Gasteiger partial charge in [-0.05, 0) is 0 Å². The van der Waals surface area contributed by atoms with Crippen LogP contribution in [0.3, 0.4) is 0 Å². The zero-order valence-corrected chi connectivity index (χ0v) is 25.7. The van der Waals surface area contributed by atoms with Crippen LogP contribution in [-0.2, 0) is 4.43 Å². The van der Waals surface area contributed by atoms with Gasteiger partial charge in [-0.15, -0.1) is 0 Å². The summed E-state index contributed by atoms with van der Waals surface area (Å²) in [6, 6.07) is 8.10. The second-order valence-corrected chi connectivity index (χ2v) is 28.0. The molecular weight excluding hydrogens is 559 g/mol. The van der Waals surface area contributed by atoms with Crippen molar-refractivity contribution in [1.29, 1.82) is 0 Å². The maximum atomic E-state index is 6.54. The third-order valence-corrected chi connectivity index (χ3v) is 21.1. The van der Waals surface area contributed by atoms with Gasteiger partial charge >= 0.3 is 201 Å². The van der Waals surface area contributed by atoms with Crippen LogP contribution < -0.4 is 4.74 Å². The number of hydrogen-bond donors (Lipinski definition) is 0. The summed E-state index contributed by atoms with van der Waals surface area (Å²) in [5, 5.41) is 0. The molecule has 1 aromatic rings. The fourth-order valence-corrected chi connectivity index (χ4v) is 19.5. The van der Waals surface area contributed by atoms with Crippen LogP contribution in [0.4, 0.5) is 0 Å². The first-order chi connectivity index (χ1) is 14.2. The van der Waals surface area contributed by atoms with Crippen LogP contribution in [-0.4, -0.2) is 39.4 Å². The van der Waals surface area contributed by atoms with Crippen molar-refractivity contribution in [3.63, 3.8) is 0 Å². The monoisotopic (exact) mass is 604 g/mol. The summed E-state index contributed by atoms with van der Waals surface area (Å²) in [6.45, 7) is 14.4. The second-order valence-electron chi connectivity index (χ2n) is 9.57. The van der Waals surface area contributed by atoms with Crippen LogP contribution in [0.1, 0.15) is 59.3 Å². The second kappa shape index (κ2) is 15.1. The van der Waals surface area contributed by atoms with E-state index in [-0.39, 0.29) is 6.10 Å². The van der Waals surface area contributed by atoms with E-state index >= 15 is 0 Å². The minimum absolute atomic E-state index is 0.0567. The van der Waals surface area contributed by atoms with Gasteiger partial charge in [-0.25, -0.2) is 0 Å². The molecule has 0 spiro atoms. The third kappa shape index (κ3) is 12.3. The normalized spacial score (nSPS) is 13.7. The summed E-state index contributed by atoms with van der Waals surface area (Å²) in [5.74, 6) is 0.911. The number of ether oxygens (including phenoxy) is 1. The Bertz CT molecular complexity index is 576. The fourth-order valence-electron chi connectivity index (χ4n) is 3.82. The molecule has 0 fully saturated rings. The molecule has 2 nitrogen and oxygen atoms in total. The predicted molar refractivity (Wildman–Crippen MR) is 142 cm³/mol. The summed E-state index contributed by atoms with van der Waals surface area (Å²) < 4.78 is 21.0. The summed E-state index contributed by atoms with van der Waals surface area (Å²) in [7, 11) is -1.66. The van der Waals surface area contributed by atoms with E-state index in [4.69, 9.17) is 9.16 Å². The first-order valence-electron chi connectivity index (χ1n) is 12.0. The van der Waals surface area contributed by atoms with Crippen LogP contribution in [0.25, 0.3) is 0 Å². The molecule has 0 heterocycles. The van der Waals surface area contributed by atoms with E-state index in [1.165, 1.54) is 51.8 Å². The Morgan fingerprint density at radius 2 is 1.40 bits per heavy atom. The summed E-state index contributed by atoms with van der Waals surface area (Å²) in [4.78, 5) is 0. The number of unbranched alkanes of at least 4 members (excludes halogenated alkanes) is 3. The van der Waals surface area contributed by atoms with Crippen molar-refractivity contribution in [1.82, 2.24) is 0 Å². The average Bonchev–Trinajstić information content (AvgIpc) is 2.71. The Kier molecular flexibility index (Phi) is 14.2. The molecule has 5 heteroatoms. The van der Waals surface area contributed by atoms with Crippen molar-refractivity contribution in [2.75, 3.05) is 6.61 Å². The molecule has 172 valence electrons. The predicted octanol–water partition coefficient (Wildman–Crippen LogP) is 8.99. The summed E-state index contributed by atoms with van der Waals surface area (Å²) in [6.07, 6.45) is 10.6. The molecule has 0 aliphatic carbocycles. The van der Waals surface area contributed by atoms with Crippen molar-refractivity contribution < 1.29 is 9.16 Å². The molecular formula is C25H45BrO2SiSn. The Morgan fingerprint density at radius 1 is 0.900 bits per heavy atom. The molecule has 1 unspecified atom stereocenters. The van der Waals surface area contributed by atoms with Crippen molar-refractivity contribution >= 4 is 42.6 Å². The van der Waals surface area contributed by atoms with Gasteiger partial charge in [0.1, 0.15) is 0 Å². The van der Waals surface area contributed by atoms with Gasteiger partial charge in [-0.3, -0.25) is 0 Å². The molecule has 1 aromatic carbocycles. The van der Waals surface area contributed by atoms with Crippen molar-refractivity contribution in [3.05, 3.63) is 38.9 Å². The molecule has 0 aliphatic heterocycles. The van der Waals surface area contributed by atoms with Gasteiger partial charge in [0.25, 0.3) is 0 Å². The molecule has 1 rings (SSSR count). The molecule has 0 radical (unpaired) electrons. The van der Waals surface area contributed by atoms with Gasteiger partial charge in [-0.1, -0.05) is 0 Å². The number of rotatable bonds is 16. The fraction of sp³-hybridized carbons (Fsp3) is 0.680. The number of hydrogen-bond acceptors (Lipinski definition) is 2. The molecule has 0 aliphatic rings. The quantitative estimate of drug-likeness (QED) is 0.176. The zero-order chi connectivity index (χ0) is 22.5. The van der Waals surface area contributed by atoms with E-state index in [1.807, 2.05) is 24.3 Å². The number of halogens is 1. The van der Waals surface area contributed by atoms with Crippen LogP contribution in [0.2, 0.25) is 33.0 Å². The SMILES string of the molecule is CCC[CH2][Sn](/[CH]=C/C(COc1ccc(Br)cc1)O[Si](C)(C)C)([CH2]CCC)[CH2]CCC. The maximum absolute atomic E-state index is 6.54. The summed E-state index contributed by atoms with van der Waals surface area (Å²) >= 11 is 1.19. The van der Waals surface area contributed by atoms with Crippen molar-refractivity contribution in [3.8, 4) is 5.75 Å². The Hall–Kier alpha value is 0.216. The van der Waals surface area contributed by atoms with Crippen LogP contribution in [0, 0.1) is 0 Å². The topological polar surface area (TPSA) is 18.5 Å². The molecule has 1 atom stereocenters. The van der Waals surface area contributed by atoms with E-state index in [0.29, 0.717) is 6.61 Å². The van der Waals surface area contributed by atoms with Gasteiger partial charge in [0.05, 0.1) is 0 Å². The zero-order valence-electron chi connectivity index (χ0n) is 20.3. The van der Waals surface area contributed by atoms with E-state index in [0.717, 1.165) is 10.2 Å². The van der Waals surface area contributed by atoms with Gasteiger partial charge < -0.3 is 0 Å². The average molecular weight is 604 g/mol. The third-order valence-electron chi connectivity index (χ3n) is 5.48. The van der Waals surface area contributed by atoms with Crippen LogP contribution >= 0.6 is 15.9 Å². The molecule has 0 N–H and O–H groups in total. The first-order valence-corrected chi connectivity index (χ1v) is 23.9. The standard InChI is InChI=1S/C13H18BrO2Si.3C4H9.Sn/c1-5-12(16-17(2,3)4)10-15-13-8-6-11(14)7-9-13;3*1-3-4-2;/h1,5-9,12H,10H2,2-4H3;3*1,3-4H2,2H3;. The Balaban J connectivity index is 3.00. The first kappa shape index (κ1) is 28.2. The van der Waals surface area contributed by atoms with Gasteiger partial charge in [0, 0.05) is 0 Å². The minimum atomic E-state index is -2.30. The molecule has 0 saturated carbocycles. The molecule has 30 heavy (non-hydrogen) atoms. The van der Waals surface area contributed by atoms with E-state index < -0.39 is 26.7 Å². The Labute approximate surface area is 200 Å². The van der Waals surface area contributed by atoms with Crippen LogP contribution in [0.5, 0.6) is 5.75 Å². The van der Waals surface area contributed by atoms with Gasteiger partial charge in [0.15, 0.2) is 0 Å². The molecule has 0 bridgehead atoms. The van der Waals surface area contributed by atoms with Gasteiger partial charge in [0.2, 0.25) is 0 Å². The van der Waals surface area contributed by atoms with Crippen molar-refractivity contribution in [2.24, 2.45) is 0 Å². The number of benzene rings is 1. The van der Waals surface area contributed by atoms with E-state index in [1.54, 1.807) is 0 Å². The Morgan fingerprint density at radius 3 is 1.83 bits per heavy atom. The molecule has 0 aromatic heterocycles. The molecule has 0 amide bonds. The molecule has 0 saturated heterocycles. The summed E-state index contributed by atoms with van der Waals surface area (Å²) in [5.41, 5.74) is 0. The van der Waals surface area contributed by atoms with E-state index in [9.17, 15) is 0 Å². The van der Waals surface area contributed by atoms with Crippen LogP contribution in [0.15, 0.2) is 38.9 Å². The van der Waals surface area contributed by atoms with Gasteiger partial charge in [-0.2, -0.15) is 0 Å². The van der Waals surface area contributed by atoms with E-state index in [2.05, 4.69) is 66.5 Å². The van der Waals surface area contributed by atoms with Crippen molar-refractivity contribution in [2.45, 2.75) is 98.4 Å².